The van der Waals surface area contributed by atoms with Crippen LogP contribution in [0.2, 0.25) is 0 Å². The molecule has 0 aliphatic carbocycles. The standard InChI is InChI=1S/C10H10BrNO/c1-6-3-4-8-7(10(6)11)5-9(13)12(8)2/h3-4H,5H2,1-2H3. The first-order valence-electron chi connectivity index (χ1n) is 4.16. The topological polar surface area (TPSA) is 20.3 Å². The quantitative estimate of drug-likeness (QED) is 0.681. The number of likely N-dealkylation sites (N-methyl/N-ethyl adjacent to an activating group) is 1. The lowest BCUT2D eigenvalue weighted by Gasteiger charge is -2.10. The van der Waals surface area contributed by atoms with Crippen molar-refractivity contribution in [3.05, 3.63) is 27.7 Å². The van der Waals surface area contributed by atoms with Crippen molar-refractivity contribution in [2.75, 3.05) is 11.9 Å². The molecule has 0 saturated heterocycles. The number of halogens is 1. The maximum atomic E-state index is 11.4. The van der Waals surface area contributed by atoms with Gasteiger partial charge in [-0.1, -0.05) is 22.0 Å². The number of nitrogens with zero attached hydrogens (tertiary/aromatic N) is 1. The van der Waals surface area contributed by atoms with Crippen LogP contribution in [0.1, 0.15) is 11.1 Å². The average molecular weight is 240 g/mol. The molecule has 13 heavy (non-hydrogen) atoms. The molecule has 0 radical (unpaired) electrons. The predicted octanol–water partition coefficient (Wildman–Crippen LogP) is 2.28. The lowest BCUT2D eigenvalue weighted by molar-refractivity contribution is -0.117. The molecule has 0 unspecified atom stereocenters. The maximum Gasteiger partial charge on any atom is 0.231 e. The molecule has 0 bridgehead atoms. The van der Waals surface area contributed by atoms with Gasteiger partial charge in [0.15, 0.2) is 0 Å². The minimum atomic E-state index is 0.168. The van der Waals surface area contributed by atoms with E-state index in [0.717, 1.165) is 15.7 Å². The summed E-state index contributed by atoms with van der Waals surface area (Å²) in [6, 6.07) is 4.03. The van der Waals surface area contributed by atoms with Crippen molar-refractivity contribution < 1.29 is 4.79 Å². The zero-order valence-corrected chi connectivity index (χ0v) is 9.18. The Labute approximate surface area is 85.7 Å². The van der Waals surface area contributed by atoms with Crippen molar-refractivity contribution in [1.29, 1.82) is 0 Å². The molecular weight excluding hydrogens is 230 g/mol. The summed E-state index contributed by atoms with van der Waals surface area (Å²) >= 11 is 3.51. The second-order valence-electron chi connectivity index (χ2n) is 3.32. The highest BCUT2D eigenvalue weighted by atomic mass is 79.9. The van der Waals surface area contributed by atoms with Gasteiger partial charge in [-0.25, -0.2) is 0 Å². The summed E-state index contributed by atoms with van der Waals surface area (Å²) in [5.74, 6) is 0.168. The second-order valence-corrected chi connectivity index (χ2v) is 4.12. The Kier molecular flexibility index (Phi) is 1.91. The minimum Gasteiger partial charge on any atom is -0.315 e. The molecule has 1 aromatic rings. The minimum absolute atomic E-state index is 0.168. The molecule has 1 amide bonds. The Morgan fingerprint density at radius 3 is 2.85 bits per heavy atom. The van der Waals surface area contributed by atoms with E-state index in [9.17, 15) is 4.79 Å². The molecule has 1 aromatic carbocycles. The van der Waals surface area contributed by atoms with Crippen LogP contribution in [-0.4, -0.2) is 13.0 Å². The molecular formula is C10H10BrNO. The van der Waals surface area contributed by atoms with Gasteiger partial charge >= 0.3 is 0 Å². The van der Waals surface area contributed by atoms with E-state index in [1.165, 1.54) is 5.56 Å². The average Bonchev–Trinajstić information content (AvgIpc) is 2.38. The van der Waals surface area contributed by atoms with Crippen LogP contribution in [0.5, 0.6) is 0 Å². The van der Waals surface area contributed by atoms with Crippen LogP contribution < -0.4 is 4.90 Å². The first kappa shape index (κ1) is 8.75. The number of carbonyl (C=O) groups is 1. The lowest BCUT2D eigenvalue weighted by atomic mass is 10.1. The SMILES string of the molecule is Cc1ccc2c(c1Br)CC(=O)N2C. The molecule has 0 spiro atoms. The van der Waals surface area contributed by atoms with Gasteiger partial charge in [0.05, 0.1) is 6.42 Å². The molecule has 2 nitrogen and oxygen atoms in total. The summed E-state index contributed by atoms with van der Waals surface area (Å²) < 4.78 is 1.07. The van der Waals surface area contributed by atoms with Gasteiger partial charge in [-0.3, -0.25) is 4.79 Å². The summed E-state index contributed by atoms with van der Waals surface area (Å²) in [6.45, 7) is 2.03. The first-order valence-corrected chi connectivity index (χ1v) is 4.95. The summed E-state index contributed by atoms with van der Waals surface area (Å²) in [4.78, 5) is 13.1. The number of hydrogen-bond acceptors (Lipinski definition) is 1. The number of hydrogen-bond donors (Lipinski definition) is 0. The van der Waals surface area contributed by atoms with Crippen LogP contribution in [0, 0.1) is 6.92 Å². The van der Waals surface area contributed by atoms with Crippen LogP contribution in [-0.2, 0) is 11.2 Å². The highest BCUT2D eigenvalue weighted by molar-refractivity contribution is 9.10. The van der Waals surface area contributed by atoms with Gasteiger partial charge in [-0.15, -0.1) is 0 Å². The molecule has 0 saturated carbocycles. The summed E-state index contributed by atoms with van der Waals surface area (Å²) in [6.07, 6.45) is 0.522. The van der Waals surface area contributed by atoms with Gasteiger partial charge in [0.1, 0.15) is 0 Å². The fraction of sp³-hybridized carbons (Fsp3) is 0.300. The van der Waals surface area contributed by atoms with E-state index >= 15 is 0 Å². The highest BCUT2D eigenvalue weighted by Crippen LogP contribution is 2.35. The molecule has 1 aliphatic rings. The fourth-order valence-electron chi connectivity index (χ4n) is 1.61. The maximum absolute atomic E-state index is 11.4. The number of benzene rings is 1. The van der Waals surface area contributed by atoms with Crippen molar-refractivity contribution in [1.82, 2.24) is 0 Å². The van der Waals surface area contributed by atoms with Gasteiger partial charge in [-0.05, 0) is 24.1 Å². The fourth-order valence-corrected chi connectivity index (χ4v) is 2.09. The van der Waals surface area contributed by atoms with Gasteiger partial charge in [0.25, 0.3) is 0 Å². The monoisotopic (exact) mass is 239 g/mol. The third-order valence-corrected chi connectivity index (χ3v) is 3.58. The molecule has 1 heterocycles. The highest BCUT2D eigenvalue weighted by Gasteiger charge is 2.26. The zero-order chi connectivity index (χ0) is 9.59. The Balaban J connectivity index is 2.64. The van der Waals surface area contributed by atoms with E-state index in [1.807, 2.05) is 26.1 Å². The van der Waals surface area contributed by atoms with E-state index in [1.54, 1.807) is 4.90 Å². The van der Waals surface area contributed by atoms with Crippen molar-refractivity contribution >= 4 is 27.5 Å². The second kappa shape index (κ2) is 2.84. The predicted molar refractivity (Wildman–Crippen MR) is 56.0 cm³/mol. The third-order valence-electron chi connectivity index (χ3n) is 2.48. The van der Waals surface area contributed by atoms with Gasteiger partial charge in [0.2, 0.25) is 5.91 Å². The molecule has 0 atom stereocenters. The number of carbonyl (C=O) groups excluding carboxylic acids is 1. The van der Waals surface area contributed by atoms with E-state index in [-0.39, 0.29) is 5.91 Å². The third kappa shape index (κ3) is 1.18. The van der Waals surface area contributed by atoms with Crippen LogP contribution >= 0.6 is 15.9 Å². The largest absolute Gasteiger partial charge is 0.315 e. The normalized spacial score (nSPS) is 15.0. The number of aryl methyl sites for hydroxylation is 1. The summed E-state index contributed by atoms with van der Waals surface area (Å²) in [5.41, 5.74) is 3.33. The number of rotatable bonds is 0. The van der Waals surface area contributed by atoms with Crippen molar-refractivity contribution in [3.63, 3.8) is 0 Å². The van der Waals surface area contributed by atoms with Crippen molar-refractivity contribution in [2.45, 2.75) is 13.3 Å². The van der Waals surface area contributed by atoms with Crippen molar-refractivity contribution in [2.24, 2.45) is 0 Å². The number of anilines is 1. The van der Waals surface area contributed by atoms with Crippen LogP contribution in [0.15, 0.2) is 16.6 Å². The zero-order valence-electron chi connectivity index (χ0n) is 7.60. The number of fused-ring (bicyclic) bond motifs is 1. The van der Waals surface area contributed by atoms with E-state index in [2.05, 4.69) is 15.9 Å². The van der Waals surface area contributed by atoms with Gasteiger partial charge < -0.3 is 4.90 Å². The van der Waals surface area contributed by atoms with Crippen LogP contribution in [0.3, 0.4) is 0 Å². The molecule has 2 rings (SSSR count). The molecule has 1 aliphatic heterocycles. The van der Waals surface area contributed by atoms with Crippen LogP contribution in [0.25, 0.3) is 0 Å². The first-order chi connectivity index (χ1) is 6.11. The summed E-state index contributed by atoms with van der Waals surface area (Å²) in [5, 5.41) is 0. The lowest BCUT2D eigenvalue weighted by Crippen LogP contribution is -2.20. The van der Waals surface area contributed by atoms with E-state index < -0.39 is 0 Å². The van der Waals surface area contributed by atoms with E-state index in [4.69, 9.17) is 0 Å². The smallest absolute Gasteiger partial charge is 0.231 e. The van der Waals surface area contributed by atoms with Gasteiger partial charge in [0, 0.05) is 17.2 Å². The van der Waals surface area contributed by atoms with E-state index in [0.29, 0.717) is 6.42 Å². The van der Waals surface area contributed by atoms with Crippen LogP contribution in [0.4, 0.5) is 5.69 Å². The number of amides is 1. The Morgan fingerprint density at radius 2 is 2.15 bits per heavy atom. The molecule has 3 heteroatoms. The molecule has 0 N–H and O–H groups in total. The summed E-state index contributed by atoms with van der Waals surface area (Å²) in [7, 11) is 1.82. The molecule has 0 aromatic heterocycles. The molecule has 0 fully saturated rings. The Bertz CT molecular complexity index is 387. The molecule has 68 valence electrons. The Morgan fingerprint density at radius 1 is 1.46 bits per heavy atom. The van der Waals surface area contributed by atoms with Gasteiger partial charge in [-0.2, -0.15) is 0 Å². The Hall–Kier alpha value is -0.830. The van der Waals surface area contributed by atoms with Crippen molar-refractivity contribution in [3.8, 4) is 0 Å².